The van der Waals surface area contributed by atoms with E-state index in [0.29, 0.717) is 44.6 Å². The summed E-state index contributed by atoms with van der Waals surface area (Å²) in [7, 11) is 0. The van der Waals surface area contributed by atoms with Crippen LogP contribution in [0.25, 0.3) is 61.1 Å². The molecule has 8 nitrogen and oxygen atoms in total. The molecule has 10 heteroatoms. The number of nitriles is 4. The Kier molecular flexibility index (Phi) is 6.88. The van der Waals surface area contributed by atoms with Crippen molar-refractivity contribution in [1.82, 2.24) is 19.5 Å². The molecule has 0 atom stereocenters. The van der Waals surface area contributed by atoms with Gasteiger partial charge < -0.3 is 4.57 Å². The second kappa shape index (κ2) is 11.3. The second-order valence-electron chi connectivity index (χ2n) is 10.6. The van der Waals surface area contributed by atoms with E-state index in [-0.39, 0.29) is 5.82 Å². The van der Waals surface area contributed by atoms with Crippen molar-refractivity contribution < 1.29 is 8.78 Å². The SMILES string of the molecule is N#Cc1cc(C#N)cc(-c2ccc3c(c2)c2cc(-c4cc(C#N)cc(C#N)c4)ccc2n3-c2ccccc2-c2nc(F)nc(F)n2)c1. The van der Waals surface area contributed by atoms with Crippen molar-refractivity contribution in [3.05, 3.63) is 131 Å². The van der Waals surface area contributed by atoms with Crippen LogP contribution < -0.4 is 0 Å². The Bertz CT molecular complexity index is 2400. The number of halogens is 2. The van der Waals surface area contributed by atoms with E-state index in [1.165, 1.54) is 12.1 Å². The minimum atomic E-state index is -1.24. The topological polar surface area (TPSA) is 139 Å². The summed E-state index contributed by atoms with van der Waals surface area (Å²) in [6, 6.07) is 36.7. The van der Waals surface area contributed by atoms with E-state index in [4.69, 9.17) is 0 Å². The van der Waals surface area contributed by atoms with Crippen molar-refractivity contribution in [2.45, 2.75) is 0 Å². The Morgan fingerprint density at radius 2 is 0.936 bits per heavy atom. The molecular weight excluding hydrogens is 594 g/mol. The maximum Gasteiger partial charge on any atom is 0.314 e. The molecule has 0 aliphatic heterocycles. The first-order chi connectivity index (χ1) is 22.9. The van der Waals surface area contributed by atoms with Gasteiger partial charge in [0, 0.05) is 16.3 Å². The van der Waals surface area contributed by atoms with Crippen LogP contribution in [0.5, 0.6) is 0 Å². The predicted molar refractivity (Wildman–Crippen MR) is 169 cm³/mol. The first-order valence-electron chi connectivity index (χ1n) is 14.1. The Hall–Kier alpha value is -7.27. The molecule has 0 aliphatic rings. The average molecular weight is 611 g/mol. The maximum absolute atomic E-state index is 14.1. The standard InChI is InChI=1S/C37H16F2N8/c38-36-44-35(45-37(39)46-36)29-3-1-2-4-32(29)47-33-7-5-25(27-11-21(17-40)9-22(12-27)18-41)15-30(33)31-16-26(6-8-34(31)47)28-13-23(19-42)10-24(14-28)20-43/h1-16H. The van der Waals surface area contributed by atoms with Crippen molar-refractivity contribution >= 4 is 21.8 Å². The molecule has 7 rings (SSSR count). The number of rotatable bonds is 4. The first kappa shape index (κ1) is 28.5. The van der Waals surface area contributed by atoms with Crippen LogP contribution in [0.1, 0.15) is 22.3 Å². The average Bonchev–Trinajstić information content (AvgIpc) is 3.43. The van der Waals surface area contributed by atoms with Gasteiger partial charge in [0.15, 0.2) is 5.82 Å². The summed E-state index contributed by atoms with van der Waals surface area (Å²) >= 11 is 0. The zero-order valence-corrected chi connectivity index (χ0v) is 24.1. The second-order valence-corrected chi connectivity index (χ2v) is 10.6. The predicted octanol–water partition coefficient (Wildman–Crippen LogP) is 7.73. The lowest BCUT2D eigenvalue weighted by atomic mass is 9.97. The molecular formula is C37H16F2N8. The highest BCUT2D eigenvalue weighted by molar-refractivity contribution is 6.12. The van der Waals surface area contributed by atoms with Crippen LogP contribution in [-0.4, -0.2) is 19.5 Å². The fourth-order valence-corrected chi connectivity index (χ4v) is 5.79. The normalized spacial score (nSPS) is 10.7. The smallest absolute Gasteiger partial charge is 0.309 e. The largest absolute Gasteiger partial charge is 0.314 e. The van der Waals surface area contributed by atoms with Crippen LogP contribution in [-0.2, 0) is 0 Å². The summed E-state index contributed by atoms with van der Waals surface area (Å²) in [5.74, 6) is -0.177. The van der Waals surface area contributed by atoms with E-state index in [0.717, 1.165) is 32.9 Å². The van der Waals surface area contributed by atoms with Crippen molar-refractivity contribution in [1.29, 1.82) is 21.0 Å². The van der Waals surface area contributed by atoms with E-state index in [2.05, 4.69) is 39.2 Å². The number of hydrogen-bond donors (Lipinski definition) is 0. The maximum atomic E-state index is 14.1. The molecule has 218 valence electrons. The zero-order valence-electron chi connectivity index (χ0n) is 24.1. The van der Waals surface area contributed by atoms with E-state index >= 15 is 0 Å². The van der Waals surface area contributed by atoms with E-state index in [9.17, 15) is 29.8 Å². The van der Waals surface area contributed by atoms with Gasteiger partial charge in [-0.1, -0.05) is 24.3 Å². The third kappa shape index (κ3) is 5.05. The highest BCUT2D eigenvalue weighted by Crippen LogP contribution is 2.39. The molecule has 2 heterocycles. The highest BCUT2D eigenvalue weighted by atomic mass is 19.1. The van der Waals surface area contributed by atoms with E-state index in [1.807, 2.05) is 41.0 Å². The molecule has 0 amide bonds. The van der Waals surface area contributed by atoms with Gasteiger partial charge in [-0.05, 0) is 95.1 Å². The molecule has 0 spiro atoms. The summed E-state index contributed by atoms with van der Waals surface area (Å²) < 4.78 is 30.2. The molecule has 0 saturated carbocycles. The number of fused-ring (bicyclic) bond motifs is 3. The summed E-state index contributed by atoms with van der Waals surface area (Å²) in [4.78, 5) is 10.6. The lowest BCUT2D eigenvalue weighted by Gasteiger charge is -2.13. The molecule has 7 aromatic rings. The van der Waals surface area contributed by atoms with Crippen LogP contribution in [0.4, 0.5) is 8.78 Å². The molecule has 0 N–H and O–H groups in total. The Balaban J connectivity index is 1.54. The van der Waals surface area contributed by atoms with Gasteiger partial charge in [-0.2, -0.15) is 44.8 Å². The first-order valence-corrected chi connectivity index (χ1v) is 14.1. The molecule has 0 bridgehead atoms. The van der Waals surface area contributed by atoms with Gasteiger partial charge in [-0.3, -0.25) is 0 Å². The summed E-state index contributed by atoms with van der Waals surface area (Å²) in [5, 5.41) is 39.9. The van der Waals surface area contributed by atoms with E-state index in [1.54, 1.807) is 48.5 Å². The number of aromatic nitrogens is 4. The highest BCUT2D eigenvalue weighted by Gasteiger charge is 2.20. The molecule has 47 heavy (non-hydrogen) atoms. The zero-order chi connectivity index (χ0) is 32.7. The molecule has 2 aromatic heterocycles. The van der Waals surface area contributed by atoms with Gasteiger partial charge in [-0.25, -0.2) is 0 Å². The minimum Gasteiger partial charge on any atom is -0.309 e. The van der Waals surface area contributed by atoms with Gasteiger partial charge in [0.25, 0.3) is 0 Å². The summed E-state index contributed by atoms with van der Waals surface area (Å²) in [5.41, 5.74) is 6.64. The summed E-state index contributed by atoms with van der Waals surface area (Å²) in [6.45, 7) is 0. The molecule has 5 aromatic carbocycles. The number of nitrogens with zero attached hydrogens (tertiary/aromatic N) is 8. The van der Waals surface area contributed by atoms with Gasteiger partial charge in [0.05, 0.1) is 63.3 Å². The van der Waals surface area contributed by atoms with Crippen LogP contribution in [0.15, 0.2) is 97.1 Å². The van der Waals surface area contributed by atoms with Gasteiger partial charge in [-0.15, -0.1) is 0 Å². The van der Waals surface area contributed by atoms with Crippen LogP contribution in [0.2, 0.25) is 0 Å². The quantitative estimate of drug-likeness (QED) is 0.199. The summed E-state index contributed by atoms with van der Waals surface area (Å²) in [6.07, 6.45) is -2.49. The lowest BCUT2D eigenvalue weighted by molar-refractivity contribution is 0.457. The van der Waals surface area contributed by atoms with Gasteiger partial charge in [0.1, 0.15) is 0 Å². The van der Waals surface area contributed by atoms with E-state index < -0.39 is 12.2 Å². The lowest BCUT2D eigenvalue weighted by Crippen LogP contribution is -2.04. The molecule has 0 radical (unpaired) electrons. The Morgan fingerprint density at radius 1 is 0.489 bits per heavy atom. The molecule has 0 aliphatic carbocycles. The van der Waals surface area contributed by atoms with Gasteiger partial charge in [0.2, 0.25) is 0 Å². The Labute approximate surface area is 265 Å². The van der Waals surface area contributed by atoms with Crippen molar-refractivity contribution in [3.63, 3.8) is 0 Å². The minimum absolute atomic E-state index is 0.177. The van der Waals surface area contributed by atoms with Crippen molar-refractivity contribution in [2.75, 3.05) is 0 Å². The fourth-order valence-electron chi connectivity index (χ4n) is 5.79. The molecule has 0 saturated heterocycles. The molecule has 0 unspecified atom stereocenters. The Morgan fingerprint density at radius 3 is 1.38 bits per heavy atom. The number of benzene rings is 5. The van der Waals surface area contributed by atoms with Crippen LogP contribution >= 0.6 is 0 Å². The van der Waals surface area contributed by atoms with Gasteiger partial charge >= 0.3 is 12.2 Å². The third-order valence-electron chi connectivity index (χ3n) is 7.78. The van der Waals surface area contributed by atoms with Crippen molar-refractivity contribution in [3.8, 4) is 63.6 Å². The van der Waals surface area contributed by atoms with Crippen molar-refractivity contribution in [2.24, 2.45) is 0 Å². The monoisotopic (exact) mass is 610 g/mol. The third-order valence-corrected chi connectivity index (χ3v) is 7.78. The fraction of sp³-hybridized carbons (Fsp3) is 0. The molecule has 0 fully saturated rings. The number of para-hydroxylation sites is 1. The van der Waals surface area contributed by atoms with Crippen LogP contribution in [0, 0.1) is 57.5 Å². The van der Waals surface area contributed by atoms with Crippen LogP contribution in [0.3, 0.4) is 0 Å². The number of hydrogen-bond acceptors (Lipinski definition) is 7.